The van der Waals surface area contributed by atoms with Gasteiger partial charge in [0.15, 0.2) is 0 Å². The molecule has 1 heterocycles. The van der Waals surface area contributed by atoms with Crippen molar-refractivity contribution in [3.63, 3.8) is 0 Å². The molecule has 0 aromatic heterocycles. The number of phenolic OH excluding ortho intramolecular Hbond substituents is 1. The molecule has 1 aliphatic heterocycles. The molecule has 5 heteroatoms. The molecule has 2 amide bonds. The molecule has 0 radical (unpaired) electrons. The molecule has 3 rings (SSSR count). The first-order valence-electron chi connectivity index (χ1n) is 9.12. The number of urea groups is 1. The van der Waals surface area contributed by atoms with Crippen LogP contribution in [0.1, 0.15) is 44.1 Å². The van der Waals surface area contributed by atoms with E-state index in [0.717, 1.165) is 32.2 Å². The van der Waals surface area contributed by atoms with E-state index in [1.807, 2.05) is 17.0 Å². The van der Waals surface area contributed by atoms with Gasteiger partial charge in [-0.2, -0.15) is 0 Å². The van der Waals surface area contributed by atoms with Crippen LogP contribution < -0.4 is 5.32 Å². The Morgan fingerprint density at radius 1 is 1.21 bits per heavy atom. The topological polar surface area (TPSA) is 61.8 Å². The summed E-state index contributed by atoms with van der Waals surface area (Å²) in [6.07, 6.45) is 7.66. The van der Waals surface area contributed by atoms with Crippen LogP contribution in [0.15, 0.2) is 24.3 Å². The summed E-state index contributed by atoms with van der Waals surface area (Å²) in [4.78, 5) is 14.3. The van der Waals surface area contributed by atoms with Gasteiger partial charge in [0.05, 0.1) is 18.8 Å². The van der Waals surface area contributed by atoms with Crippen LogP contribution in [0, 0.1) is 0 Å². The average molecular weight is 332 g/mol. The van der Waals surface area contributed by atoms with Gasteiger partial charge in [-0.3, -0.25) is 0 Å². The Kier molecular flexibility index (Phi) is 5.61. The molecular weight excluding hydrogens is 304 g/mol. The minimum Gasteiger partial charge on any atom is -0.508 e. The Balaban J connectivity index is 1.40. The monoisotopic (exact) mass is 332 g/mol. The Labute approximate surface area is 144 Å². The zero-order valence-electron chi connectivity index (χ0n) is 14.3. The Morgan fingerprint density at radius 2 is 1.96 bits per heavy atom. The maximum atomic E-state index is 12.4. The van der Waals surface area contributed by atoms with Crippen molar-refractivity contribution in [3.05, 3.63) is 29.8 Å². The number of aryl methyl sites for hydroxylation is 1. The Morgan fingerprint density at radius 3 is 2.71 bits per heavy atom. The third-order valence-corrected chi connectivity index (χ3v) is 5.16. The van der Waals surface area contributed by atoms with E-state index < -0.39 is 0 Å². The Hall–Kier alpha value is -1.75. The lowest BCUT2D eigenvalue weighted by Gasteiger charge is -2.44. The summed E-state index contributed by atoms with van der Waals surface area (Å²) in [5.74, 6) is 0.288. The lowest BCUT2D eigenvalue weighted by atomic mass is 9.83. The van der Waals surface area contributed by atoms with Crippen molar-refractivity contribution in [3.8, 4) is 5.75 Å². The third kappa shape index (κ3) is 4.41. The summed E-state index contributed by atoms with van der Waals surface area (Å²) in [7, 11) is 0. The number of nitrogens with one attached hydrogen (secondary N) is 1. The van der Waals surface area contributed by atoms with Gasteiger partial charge >= 0.3 is 6.03 Å². The van der Waals surface area contributed by atoms with Crippen LogP contribution in [-0.4, -0.2) is 47.9 Å². The molecule has 1 spiro atoms. The number of phenols is 1. The van der Waals surface area contributed by atoms with Crippen LogP contribution in [0.5, 0.6) is 5.75 Å². The fourth-order valence-corrected chi connectivity index (χ4v) is 3.78. The average Bonchev–Trinajstić information content (AvgIpc) is 2.61. The van der Waals surface area contributed by atoms with E-state index in [1.165, 1.54) is 24.8 Å². The molecule has 0 atom stereocenters. The van der Waals surface area contributed by atoms with Gasteiger partial charge in [0.1, 0.15) is 5.75 Å². The molecule has 2 aliphatic rings. The van der Waals surface area contributed by atoms with Crippen molar-refractivity contribution in [2.45, 2.75) is 50.5 Å². The summed E-state index contributed by atoms with van der Waals surface area (Å²) in [6.45, 7) is 2.74. The van der Waals surface area contributed by atoms with E-state index in [4.69, 9.17) is 4.74 Å². The molecule has 1 saturated heterocycles. The number of carbonyl (C=O) groups excluding carboxylic acids is 1. The highest BCUT2D eigenvalue weighted by Crippen LogP contribution is 2.34. The number of morpholine rings is 1. The standard InChI is InChI=1S/C19H28N2O3/c22-17-8-6-16(7-9-17)5-4-12-20-18(23)21-13-14-24-19(15-21)10-2-1-3-11-19/h6-9,22H,1-5,10-15H2,(H,20,23). The van der Waals surface area contributed by atoms with Gasteiger partial charge in [0.25, 0.3) is 0 Å². The van der Waals surface area contributed by atoms with Crippen LogP contribution >= 0.6 is 0 Å². The van der Waals surface area contributed by atoms with E-state index in [0.29, 0.717) is 19.7 Å². The summed E-state index contributed by atoms with van der Waals surface area (Å²) in [6, 6.07) is 7.28. The number of amides is 2. The van der Waals surface area contributed by atoms with Crippen molar-refractivity contribution < 1.29 is 14.6 Å². The van der Waals surface area contributed by atoms with E-state index >= 15 is 0 Å². The molecule has 1 saturated carbocycles. The smallest absolute Gasteiger partial charge is 0.317 e. The normalized spacial score (nSPS) is 20.1. The number of rotatable bonds is 4. The van der Waals surface area contributed by atoms with E-state index in [2.05, 4.69) is 5.32 Å². The molecule has 0 bridgehead atoms. The first kappa shape index (κ1) is 17.1. The van der Waals surface area contributed by atoms with Crippen LogP contribution in [0.25, 0.3) is 0 Å². The number of benzene rings is 1. The van der Waals surface area contributed by atoms with Crippen molar-refractivity contribution in [1.29, 1.82) is 0 Å². The summed E-state index contributed by atoms with van der Waals surface area (Å²) in [5, 5.41) is 12.3. The number of ether oxygens (including phenoxy) is 1. The first-order valence-corrected chi connectivity index (χ1v) is 9.12. The van der Waals surface area contributed by atoms with Crippen molar-refractivity contribution in [2.24, 2.45) is 0 Å². The molecule has 5 nitrogen and oxygen atoms in total. The third-order valence-electron chi connectivity index (χ3n) is 5.16. The predicted octanol–water partition coefficient (Wildman–Crippen LogP) is 3.07. The summed E-state index contributed by atoms with van der Waals surface area (Å²) in [5.41, 5.74) is 1.09. The van der Waals surface area contributed by atoms with Gasteiger partial charge in [-0.25, -0.2) is 4.79 Å². The number of aromatic hydroxyl groups is 1. The van der Waals surface area contributed by atoms with Crippen molar-refractivity contribution in [1.82, 2.24) is 10.2 Å². The molecule has 132 valence electrons. The lowest BCUT2D eigenvalue weighted by molar-refractivity contribution is -0.116. The van der Waals surface area contributed by atoms with E-state index in [9.17, 15) is 9.90 Å². The highest BCUT2D eigenvalue weighted by molar-refractivity contribution is 5.74. The highest BCUT2D eigenvalue weighted by Gasteiger charge is 2.39. The van der Waals surface area contributed by atoms with Crippen LogP contribution in [-0.2, 0) is 11.2 Å². The van der Waals surface area contributed by atoms with Gasteiger partial charge in [0, 0.05) is 13.1 Å². The van der Waals surface area contributed by atoms with Gasteiger partial charge < -0.3 is 20.1 Å². The predicted molar refractivity (Wildman–Crippen MR) is 93.2 cm³/mol. The molecule has 1 aliphatic carbocycles. The SMILES string of the molecule is O=C(NCCCc1ccc(O)cc1)N1CCOC2(CCCCC2)C1. The second-order valence-electron chi connectivity index (χ2n) is 7.02. The van der Waals surface area contributed by atoms with Crippen LogP contribution in [0.2, 0.25) is 0 Å². The van der Waals surface area contributed by atoms with Crippen molar-refractivity contribution in [2.75, 3.05) is 26.2 Å². The molecule has 24 heavy (non-hydrogen) atoms. The molecular formula is C19H28N2O3. The van der Waals surface area contributed by atoms with Gasteiger partial charge in [-0.15, -0.1) is 0 Å². The number of hydrogen-bond donors (Lipinski definition) is 2. The van der Waals surface area contributed by atoms with E-state index in [-0.39, 0.29) is 17.4 Å². The number of hydrogen-bond acceptors (Lipinski definition) is 3. The molecule has 0 unspecified atom stereocenters. The quantitative estimate of drug-likeness (QED) is 0.833. The lowest BCUT2D eigenvalue weighted by Crippen LogP contribution is -2.56. The zero-order valence-corrected chi connectivity index (χ0v) is 14.3. The molecule has 2 fully saturated rings. The first-order chi connectivity index (χ1) is 11.7. The minimum atomic E-state index is -0.0835. The summed E-state index contributed by atoms with van der Waals surface area (Å²) < 4.78 is 6.04. The minimum absolute atomic E-state index is 0.0361. The largest absolute Gasteiger partial charge is 0.508 e. The summed E-state index contributed by atoms with van der Waals surface area (Å²) >= 11 is 0. The fraction of sp³-hybridized carbons (Fsp3) is 0.632. The molecule has 1 aromatic rings. The molecule has 2 N–H and O–H groups in total. The fourth-order valence-electron chi connectivity index (χ4n) is 3.78. The van der Waals surface area contributed by atoms with Gasteiger partial charge in [-0.05, 0) is 43.4 Å². The molecule has 1 aromatic carbocycles. The van der Waals surface area contributed by atoms with E-state index in [1.54, 1.807) is 12.1 Å². The van der Waals surface area contributed by atoms with Crippen LogP contribution in [0.3, 0.4) is 0 Å². The van der Waals surface area contributed by atoms with Crippen molar-refractivity contribution >= 4 is 6.03 Å². The van der Waals surface area contributed by atoms with Gasteiger partial charge in [0.2, 0.25) is 0 Å². The highest BCUT2D eigenvalue weighted by atomic mass is 16.5. The number of carbonyl (C=O) groups is 1. The zero-order chi connectivity index (χ0) is 16.8. The maximum absolute atomic E-state index is 12.4. The second-order valence-corrected chi connectivity index (χ2v) is 7.02. The van der Waals surface area contributed by atoms with Gasteiger partial charge in [-0.1, -0.05) is 31.4 Å². The number of nitrogens with zero attached hydrogens (tertiary/aromatic N) is 1. The second kappa shape index (κ2) is 7.88. The maximum Gasteiger partial charge on any atom is 0.317 e. The van der Waals surface area contributed by atoms with Crippen LogP contribution in [0.4, 0.5) is 4.79 Å². The Bertz CT molecular complexity index is 533.